The highest BCUT2D eigenvalue weighted by Gasteiger charge is 1.94. The van der Waals surface area contributed by atoms with Gasteiger partial charge in [0.15, 0.2) is 0 Å². The normalized spacial score (nSPS) is 10.1. The maximum atomic E-state index is 3.46. The molecule has 1 aromatic carbocycles. The van der Waals surface area contributed by atoms with E-state index in [0.717, 1.165) is 6.54 Å². The molecule has 1 nitrogen and oxygen atoms in total. The summed E-state index contributed by atoms with van der Waals surface area (Å²) >= 11 is 3.46. The van der Waals surface area contributed by atoms with Gasteiger partial charge in [0.2, 0.25) is 0 Å². The van der Waals surface area contributed by atoms with Gasteiger partial charge < -0.3 is 5.32 Å². The van der Waals surface area contributed by atoms with Gasteiger partial charge in [0.1, 0.15) is 0 Å². The minimum Gasteiger partial charge on any atom is -0.316 e. The zero-order valence-electron chi connectivity index (χ0n) is 6.82. The lowest BCUT2D eigenvalue weighted by Crippen LogP contribution is -2.04. The van der Waals surface area contributed by atoms with Gasteiger partial charge in [-0.2, -0.15) is 0 Å². The van der Waals surface area contributed by atoms with E-state index in [1.165, 1.54) is 15.6 Å². The van der Waals surface area contributed by atoms with Crippen molar-refractivity contribution in [2.24, 2.45) is 0 Å². The van der Waals surface area contributed by atoms with Crippen LogP contribution >= 0.6 is 15.9 Å². The summed E-state index contributed by atoms with van der Waals surface area (Å²) in [5.74, 6) is 0. The standard InChI is InChI=1S/C9H12BrN/c1-7-5-8(6-11-2)3-4-9(7)10/h3-5,11H,6H2,1-2H3. The number of hydrogen-bond donors (Lipinski definition) is 1. The van der Waals surface area contributed by atoms with E-state index < -0.39 is 0 Å². The molecule has 0 aliphatic heterocycles. The summed E-state index contributed by atoms with van der Waals surface area (Å²) in [6, 6.07) is 6.39. The highest BCUT2D eigenvalue weighted by Crippen LogP contribution is 2.16. The van der Waals surface area contributed by atoms with Crippen molar-refractivity contribution in [1.29, 1.82) is 0 Å². The fraction of sp³-hybridized carbons (Fsp3) is 0.333. The predicted molar refractivity (Wildman–Crippen MR) is 51.6 cm³/mol. The molecule has 1 N–H and O–H groups in total. The van der Waals surface area contributed by atoms with Crippen LogP contribution in [0.4, 0.5) is 0 Å². The van der Waals surface area contributed by atoms with E-state index in [4.69, 9.17) is 0 Å². The minimum absolute atomic E-state index is 0.939. The Morgan fingerprint density at radius 3 is 2.73 bits per heavy atom. The first-order chi connectivity index (χ1) is 5.24. The molecular weight excluding hydrogens is 202 g/mol. The molecule has 0 aromatic heterocycles. The molecule has 60 valence electrons. The Morgan fingerprint density at radius 2 is 2.18 bits per heavy atom. The van der Waals surface area contributed by atoms with Gasteiger partial charge >= 0.3 is 0 Å². The first kappa shape index (κ1) is 8.75. The molecule has 0 heterocycles. The van der Waals surface area contributed by atoms with Crippen molar-refractivity contribution in [2.75, 3.05) is 7.05 Å². The van der Waals surface area contributed by atoms with E-state index in [1.807, 2.05) is 7.05 Å². The van der Waals surface area contributed by atoms with E-state index in [9.17, 15) is 0 Å². The van der Waals surface area contributed by atoms with Crippen LogP contribution in [0.15, 0.2) is 22.7 Å². The third-order valence-corrected chi connectivity index (χ3v) is 2.49. The molecule has 0 saturated carbocycles. The number of hydrogen-bond acceptors (Lipinski definition) is 1. The zero-order chi connectivity index (χ0) is 8.27. The van der Waals surface area contributed by atoms with Gasteiger partial charge in [-0.15, -0.1) is 0 Å². The predicted octanol–water partition coefficient (Wildman–Crippen LogP) is 2.48. The monoisotopic (exact) mass is 213 g/mol. The molecule has 11 heavy (non-hydrogen) atoms. The van der Waals surface area contributed by atoms with Crippen LogP contribution in [0.1, 0.15) is 11.1 Å². The molecule has 1 rings (SSSR count). The molecule has 0 fully saturated rings. The number of aryl methyl sites for hydroxylation is 1. The van der Waals surface area contributed by atoms with Crippen LogP contribution in [-0.2, 0) is 6.54 Å². The van der Waals surface area contributed by atoms with Gasteiger partial charge in [-0.3, -0.25) is 0 Å². The van der Waals surface area contributed by atoms with Crippen molar-refractivity contribution in [3.8, 4) is 0 Å². The first-order valence-corrected chi connectivity index (χ1v) is 4.43. The minimum atomic E-state index is 0.939. The Hall–Kier alpha value is -0.340. The maximum Gasteiger partial charge on any atom is 0.0204 e. The van der Waals surface area contributed by atoms with E-state index in [0.29, 0.717) is 0 Å². The van der Waals surface area contributed by atoms with Gasteiger partial charge in [-0.05, 0) is 31.2 Å². The van der Waals surface area contributed by atoms with Gasteiger partial charge in [0, 0.05) is 11.0 Å². The second-order valence-electron chi connectivity index (χ2n) is 2.61. The van der Waals surface area contributed by atoms with Gasteiger partial charge in [0.05, 0.1) is 0 Å². The molecular formula is C9H12BrN. The number of benzene rings is 1. The second kappa shape index (κ2) is 3.88. The number of rotatable bonds is 2. The summed E-state index contributed by atoms with van der Waals surface area (Å²) in [5.41, 5.74) is 2.62. The molecule has 0 aliphatic rings. The smallest absolute Gasteiger partial charge is 0.0204 e. The third kappa shape index (κ3) is 2.31. The molecule has 2 heteroatoms. The number of nitrogens with one attached hydrogen (secondary N) is 1. The van der Waals surface area contributed by atoms with Crippen LogP contribution in [0, 0.1) is 6.92 Å². The van der Waals surface area contributed by atoms with Crippen LogP contribution in [0.25, 0.3) is 0 Å². The summed E-state index contributed by atoms with van der Waals surface area (Å²) in [6.45, 7) is 3.04. The van der Waals surface area contributed by atoms with E-state index in [-0.39, 0.29) is 0 Å². The quantitative estimate of drug-likeness (QED) is 0.797. The Balaban J connectivity index is 2.86. The first-order valence-electron chi connectivity index (χ1n) is 3.63. The lowest BCUT2D eigenvalue weighted by Gasteiger charge is -2.02. The topological polar surface area (TPSA) is 12.0 Å². The van der Waals surface area contributed by atoms with Crippen molar-refractivity contribution in [3.05, 3.63) is 33.8 Å². The molecule has 0 saturated heterocycles. The highest BCUT2D eigenvalue weighted by molar-refractivity contribution is 9.10. The number of halogens is 1. The van der Waals surface area contributed by atoms with Crippen molar-refractivity contribution < 1.29 is 0 Å². The van der Waals surface area contributed by atoms with Gasteiger partial charge in [-0.1, -0.05) is 28.1 Å². The lowest BCUT2D eigenvalue weighted by atomic mass is 10.1. The fourth-order valence-corrected chi connectivity index (χ4v) is 1.27. The molecule has 0 spiro atoms. The van der Waals surface area contributed by atoms with Crippen molar-refractivity contribution in [1.82, 2.24) is 5.32 Å². The van der Waals surface area contributed by atoms with Crippen LogP contribution in [0.2, 0.25) is 0 Å². The maximum absolute atomic E-state index is 3.46. The van der Waals surface area contributed by atoms with E-state index in [1.54, 1.807) is 0 Å². The Kier molecular flexibility index (Phi) is 3.09. The lowest BCUT2D eigenvalue weighted by molar-refractivity contribution is 0.817. The van der Waals surface area contributed by atoms with Crippen LogP contribution < -0.4 is 5.32 Å². The molecule has 0 bridgehead atoms. The Labute approximate surface area is 75.9 Å². The van der Waals surface area contributed by atoms with Crippen molar-refractivity contribution >= 4 is 15.9 Å². The van der Waals surface area contributed by atoms with Crippen molar-refractivity contribution in [2.45, 2.75) is 13.5 Å². The van der Waals surface area contributed by atoms with Crippen LogP contribution in [-0.4, -0.2) is 7.05 Å². The summed E-state index contributed by atoms with van der Waals surface area (Å²) in [7, 11) is 1.96. The Morgan fingerprint density at radius 1 is 1.45 bits per heavy atom. The van der Waals surface area contributed by atoms with Crippen LogP contribution in [0.3, 0.4) is 0 Å². The molecule has 0 radical (unpaired) electrons. The zero-order valence-corrected chi connectivity index (χ0v) is 8.40. The van der Waals surface area contributed by atoms with E-state index >= 15 is 0 Å². The SMILES string of the molecule is CNCc1ccc(Br)c(C)c1. The highest BCUT2D eigenvalue weighted by atomic mass is 79.9. The van der Waals surface area contributed by atoms with Crippen LogP contribution in [0.5, 0.6) is 0 Å². The summed E-state index contributed by atoms with van der Waals surface area (Å²) in [5, 5.41) is 3.12. The fourth-order valence-electron chi connectivity index (χ4n) is 1.02. The average molecular weight is 214 g/mol. The van der Waals surface area contributed by atoms with Crippen molar-refractivity contribution in [3.63, 3.8) is 0 Å². The van der Waals surface area contributed by atoms with Gasteiger partial charge in [-0.25, -0.2) is 0 Å². The summed E-state index contributed by atoms with van der Waals surface area (Å²) < 4.78 is 1.18. The Bertz CT molecular complexity index is 245. The largest absolute Gasteiger partial charge is 0.316 e. The second-order valence-corrected chi connectivity index (χ2v) is 3.47. The summed E-state index contributed by atoms with van der Waals surface area (Å²) in [6.07, 6.45) is 0. The molecule has 0 unspecified atom stereocenters. The molecule has 0 atom stereocenters. The summed E-state index contributed by atoms with van der Waals surface area (Å²) in [4.78, 5) is 0. The van der Waals surface area contributed by atoms with Gasteiger partial charge in [0.25, 0.3) is 0 Å². The third-order valence-electron chi connectivity index (χ3n) is 1.60. The average Bonchev–Trinajstić information content (AvgIpc) is 1.98. The molecule has 1 aromatic rings. The van der Waals surface area contributed by atoms with E-state index in [2.05, 4.69) is 46.4 Å². The molecule has 0 amide bonds. The molecule has 0 aliphatic carbocycles.